The minimum atomic E-state index is -0.541. The first-order valence-electron chi connectivity index (χ1n) is 20.7. The Morgan fingerprint density at radius 3 is 1.53 bits per heavy atom. The first kappa shape index (κ1) is 38.9. The molecule has 0 fully saturated rings. The molecule has 0 saturated heterocycles. The normalized spacial score (nSPS) is 11.9. The zero-order valence-corrected chi connectivity index (χ0v) is 36.0. The van der Waals surface area contributed by atoms with E-state index in [2.05, 4.69) is 223 Å². The zero-order valence-electron chi connectivity index (χ0n) is 35.2. The fourth-order valence-corrected chi connectivity index (χ4v) is 9.47. The fraction of sp³-hybridized carbons (Fsp3) is 0.143. The molecule has 3 nitrogen and oxygen atoms in total. The van der Waals surface area contributed by atoms with E-state index in [0.717, 1.165) is 66.1 Å². The van der Waals surface area contributed by atoms with Gasteiger partial charge in [-0.15, -0.1) is 17.9 Å². The second-order valence-electron chi connectivity index (χ2n) is 17.2. The summed E-state index contributed by atoms with van der Waals surface area (Å²) in [6.07, 6.45) is 2.09. The summed E-state index contributed by atoms with van der Waals surface area (Å²) in [5.41, 5.74) is 14.9. The molecule has 4 heteroatoms. The van der Waals surface area contributed by atoms with Gasteiger partial charge in [-0.25, -0.2) is 9.97 Å². The minimum absolute atomic E-state index is 0.0499. The lowest BCUT2D eigenvalue weighted by Gasteiger charge is -2.43. The summed E-state index contributed by atoms with van der Waals surface area (Å²) >= 11 is 1.76. The van der Waals surface area contributed by atoms with Crippen molar-refractivity contribution in [2.75, 3.05) is 4.90 Å². The van der Waals surface area contributed by atoms with Crippen molar-refractivity contribution in [3.63, 3.8) is 0 Å². The maximum Gasteiger partial charge on any atom is 0.160 e. The molecule has 0 amide bonds. The monoisotopic (exact) mass is 795 g/mol. The van der Waals surface area contributed by atoms with Crippen LogP contribution in [0.1, 0.15) is 45.7 Å². The topological polar surface area (TPSA) is 29.0 Å². The molecular formula is C56H49N3S. The lowest BCUT2D eigenvalue weighted by molar-refractivity contribution is 0.589. The van der Waals surface area contributed by atoms with Crippen molar-refractivity contribution >= 4 is 43.0 Å². The number of hydrogen-bond donors (Lipinski definition) is 0. The van der Waals surface area contributed by atoms with Gasteiger partial charge in [0.25, 0.3) is 0 Å². The van der Waals surface area contributed by atoms with Crippen molar-refractivity contribution in [2.45, 2.75) is 52.5 Å². The van der Waals surface area contributed by atoms with Crippen LogP contribution < -0.4 is 4.90 Å². The highest BCUT2D eigenvalue weighted by atomic mass is 32.1. The number of thiophene rings is 1. The molecule has 0 aliphatic heterocycles. The first-order chi connectivity index (χ1) is 29.0. The highest BCUT2D eigenvalue weighted by Gasteiger charge is 2.35. The van der Waals surface area contributed by atoms with Crippen molar-refractivity contribution in [2.24, 2.45) is 0 Å². The Balaban J connectivity index is 1.44. The second-order valence-corrected chi connectivity index (χ2v) is 18.2. The number of aryl methyl sites for hydroxylation is 1. The van der Waals surface area contributed by atoms with Gasteiger partial charge < -0.3 is 4.90 Å². The van der Waals surface area contributed by atoms with Gasteiger partial charge in [0.2, 0.25) is 0 Å². The molecule has 7 aromatic carbocycles. The van der Waals surface area contributed by atoms with E-state index in [-0.39, 0.29) is 5.41 Å². The predicted molar refractivity (Wildman–Crippen MR) is 258 cm³/mol. The fourth-order valence-electron chi connectivity index (χ4n) is 8.32. The highest BCUT2D eigenvalue weighted by Crippen LogP contribution is 2.52. The van der Waals surface area contributed by atoms with E-state index in [0.29, 0.717) is 5.82 Å². The van der Waals surface area contributed by atoms with Crippen LogP contribution in [0, 0.1) is 6.92 Å². The van der Waals surface area contributed by atoms with Gasteiger partial charge in [0, 0.05) is 37.9 Å². The van der Waals surface area contributed by atoms with E-state index < -0.39 is 5.54 Å². The minimum Gasteiger partial charge on any atom is -0.331 e. The molecule has 0 aliphatic carbocycles. The Kier molecular flexibility index (Phi) is 10.1. The molecule has 294 valence electrons. The third kappa shape index (κ3) is 7.12. The van der Waals surface area contributed by atoms with Crippen molar-refractivity contribution in [1.82, 2.24) is 9.97 Å². The average molecular weight is 796 g/mol. The maximum absolute atomic E-state index is 5.47. The Morgan fingerprint density at radius 1 is 0.533 bits per heavy atom. The number of anilines is 2. The van der Waals surface area contributed by atoms with E-state index >= 15 is 0 Å². The summed E-state index contributed by atoms with van der Waals surface area (Å²) < 4.78 is 2.27. The molecule has 0 saturated carbocycles. The molecule has 0 bridgehead atoms. The van der Waals surface area contributed by atoms with Gasteiger partial charge >= 0.3 is 0 Å². The van der Waals surface area contributed by atoms with E-state index in [1.165, 1.54) is 27.0 Å². The molecule has 0 radical (unpaired) electrons. The van der Waals surface area contributed by atoms with Crippen LogP contribution in [0.3, 0.4) is 0 Å². The largest absolute Gasteiger partial charge is 0.331 e. The number of rotatable bonds is 9. The van der Waals surface area contributed by atoms with Crippen molar-refractivity contribution in [3.05, 3.63) is 194 Å². The van der Waals surface area contributed by atoms with E-state index in [1.54, 1.807) is 11.3 Å². The number of benzene rings is 7. The summed E-state index contributed by atoms with van der Waals surface area (Å²) in [4.78, 5) is 13.3. The van der Waals surface area contributed by atoms with E-state index in [4.69, 9.17) is 9.97 Å². The summed E-state index contributed by atoms with van der Waals surface area (Å²) in [6.45, 7) is 18.2. The van der Waals surface area contributed by atoms with Gasteiger partial charge in [0.1, 0.15) is 0 Å². The number of fused-ring (bicyclic) bond motifs is 3. The van der Waals surface area contributed by atoms with Gasteiger partial charge in [-0.2, -0.15) is 0 Å². The maximum atomic E-state index is 5.47. The van der Waals surface area contributed by atoms with Crippen molar-refractivity contribution in [3.8, 4) is 56.0 Å². The van der Waals surface area contributed by atoms with Crippen LogP contribution in [0.4, 0.5) is 11.4 Å². The molecular weight excluding hydrogens is 747 g/mol. The molecule has 9 aromatic rings. The summed E-state index contributed by atoms with van der Waals surface area (Å²) in [7, 11) is 0. The zero-order chi connectivity index (χ0) is 41.6. The van der Waals surface area contributed by atoms with Gasteiger partial charge in [-0.3, -0.25) is 0 Å². The van der Waals surface area contributed by atoms with Gasteiger partial charge in [-0.05, 0) is 78.3 Å². The van der Waals surface area contributed by atoms with Crippen molar-refractivity contribution < 1.29 is 0 Å². The molecule has 2 heterocycles. The third-order valence-corrected chi connectivity index (χ3v) is 12.7. The Hall–Kier alpha value is -6.62. The molecule has 0 unspecified atom stereocenters. The van der Waals surface area contributed by atoms with Crippen molar-refractivity contribution in [1.29, 1.82) is 0 Å². The summed E-state index contributed by atoms with van der Waals surface area (Å²) in [5, 5.41) is 1.14. The molecule has 0 spiro atoms. The van der Waals surface area contributed by atoms with Gasteiger partial charge in [0.05, 0.1) is 32.8 Å². The smallest absolute Gasteiger partial charge is 0.160 e. The highest BCUT2D eigenvalue weighted by molar-refractivity contribution is 7.26. The van der Waals surface area contributed by atoms with Crippen LogP contribution in [0.25, 0.3) is 76.3 Å². The Bertz CT molecular complexity index is 2940. The quantitative estimate of drug-likeness (QED) is 0.136. The van der Waals surface area contributed by atoms with Crippen LogP contribution in [-0.2, 0) is 5.41 Å². The number of hydrogen-bond acceptors (Lipinski definition) is 4. The summed E-state index contributed by atoms with van der Waals surface area (Å²) in [6, 6.07) is 61.0. The van der Waals surface area contributed by atoms with Crippen LogP contribution in [0.5, 0.6) is 0 Å². The number of aromatic nitrogens is 2. The van der Waals surface area contributed by atoms with Crippen LogP contribution in [0.15, 0.2) is 183 Å². The second kappa shape index (κ2) is 15.5. The number of nitrogens with zero attached hydrogens (tertiary/aromatic N) is 3. The predicted octanol–water partition coefficient (Wildman–Crippen LogP) is 15.9. The van der Waals surface area contributed by atoms with Crippen LogP contribution in [0.2, 0.25) is 0 Å². The molecule has 0 aliphatic rings. The lowest BCUT2D eigenvalue weighted by atomic mass is 9.82. The van der Waals surface area contributed by atoms with Crippen LogP contribution in [-0.4, -0.2) is 15.5 Å². The average Bonchev–Trinajstić information content (AvgIpc) is 3.66. The van der Waals surface area contributed by atoms with E-state index in [1.807, 2.05) is 6.07 Å². The Morgan fingerprint density at radius 2 is 1.02 bits per heavy atom. The lowest BCUT2D eigenvalue weighted by Crippen LogP contribution is -2.40. The SMILES string of the molecule is C=CC(C)(C)N(c1c(C)cc(C(C)(C)C)cc1-c1ccccc1)c1c(-c2ccccc2)cc(-c2nc(-c3ccccc3)nc3c2sc2ccccc23)cc1-c1ccccc1. The van der Waals surface area contributed by atoms with Gasteiger partial charge in [-0.1, -0.05) is 172 Å². The first-order valence-corrected chi connectivity index (χ1v) is 21.5. The molecule has 0 atom stereocenters. The standard InChI is InChI=1S/C56H49N3S/c1-8-56(6,7)59(51-37(2)33-43(55(3,4)5)36-47(51)40-27-17-11-18-28-40)52-45(38-23-13-9-14-24-38)34-42(35-46(52)39-25-15-10-16-26-39)49-53-50(44-31-21-22-32-48(44)60-53)58-54(57-49)41-29-19-12-20-30-41/h8-36H,1H2,2-7H3. The van der Waals surface area contributed by atoms with Gasteiger partial charge in [0.15, 0.2) is 5.82 Å². The Labute approximate surface area is 358 Å². The molecule has 60 heavy (non-hydrogen) atoms. The third-order valence-electron chi connectivity index (χ3n) is 11.6. The molecule has 2 aromatic heterocycles. The molecule has 9 rings (SSSR count). The van der Waals surface area contributed by atoms with Crippen LogP contribution >= 0.6 is 11.3 Å². The van der Waals surface area contributed by atoms with E-state index in [9.17, 15) is 0 Å². The summed E-state index contributed by atoms with van der Waals surface area (Å²) in [5.74, 6) is 0.713. The molecule has 0 N–H and O–H groups in total.